The summed E-state index contributed by atoms with van der Waals surface area (Å²) >= 11 is 1.41. The molecule has 0 fully saturated rings. The number of rotatable bonds is 3. The Balaban J connectivity index is 1.96. The Morgan fingerprint density at radius 3 is 2.73 bits per heavy atom. The number of carbonyl (C=O) groups excluding carboxylic acids is 1. The fourth-order valence-electron chi connectivity index (χ4n) is 2.25. The minimum atomic E-state index is -0.196. The average molecular weight is 315 g/mol. The third-order valence-corrected chi connectivity index (χ3v) is 4.21. The van der Waals surface area contributed by atoms with Gasteiger partial charge >= 0.3 is 0 Å². The maximum atomic E-state index is 12.4. The zero-order chi connectivity index (χ0) is 15.9. The first-order chi connectivity index (χ1) is 10.5. The van der Waals surface area contributed by atoms with Crippen LogP contribution in [0.2, 0.25) is 0 Å². The number of thiazole rings is 1. The molecule has 3 aromatic rings. The van der Waals surface area contributed by atoms with Gasteiger partial charge in [-0.3, -0.25) is 10.1 Å². The van der Waals surface area contributed by atoms with Crippen LogP contribution >= 0.6 is 11.3 Å². The second-order valence-electron chi connectivity index (χ2n) is 5.47. The molecule has 7 heteroatoms. The number of hydrogen-bond acceptors (Lipinski definition) is 5. The number of carbonyl (C=O) groups is 1. The van der Waals surface area contributed by atoms with Crippen molar-refractivity contribution >= 4 is 33.4 Å². The summed E-state index contributed by atoms with van der Waals surface area (Å²) in [5.74, 6) is -0.196. The molecule has 22 heavy (non-hydrogen) atoms. The molecule has 0 unspecified atom stereocenters. The van der Waals surface area contributed by atoms with Crippen LogP contribution in [-0.4, -0.2) is 25.7 Å². The van der Waals surface area contributed by atoms with Crippen molar-refractivity contribution in [2.45, 2.75) is 33.7 Å². The molecule has 1 amide bonds. The van der Waals surface area contributed by atoms with E-state index in [1.165, 1.54) is 11.3 Å². The normalized spacial score (nSPS) is 11.3. The summed E-state index contributed by atoms with van der Waals surface area (Å²) < 4.78 is 1.86. The lowest BCUT2D eigenvalue weighted by Crippen LogP contribution is -2.14. The van der Waals surface area contributed by atoms with Crippen molar-refractivity contribution in [2.75, 3.05) is 5.32 Å². The zero-order valence-corrected chi connectivity index (χ0v) is 13.7. The Bertz CT molecular complexity index is 849. The highest BCUT2D eigenvalue weighted by Crippen LogP contribution is 2.21. The van der Waals surface area contributed by atoms with Crippen LogP contribution in [0.15, 0.2) is 17.6 Å². The van der Waals surface area contributed by atoms with E-state index in [4.69, 9.17) is 0 Å². The van der Waals surface area contributed by atoms with Crippen molar-refractivity contribution in [2.24, 2.45) is 0 Å². The highest BCUT2D eigenvalue weighted by atomic mass is 32.1. The number of amides is 1. The second-order valence-corrected chi connectivity index (χ2v) is 6.32. The van der Waals surface area contributed by atoms with Crippen molar-refractivity contribution in [3.05, 3.63) is 34.6 Å². The number of aromatic nitrogens is 4. The van der Waals surface area contributed by atoms with Gasteiger partial charge in [-0.25, -0.2) is 14.6 Å². The first-order valence-electron chi connectivity index (χ1n) is 7.04. The van der Waals surface area contributed by atoms with Gasteiger partial charge in [0.05, 0.1) is 23.1 Å². The number of nitrogens with zero attached hydrogens (tertiary/aromatic N) is 4. The SMILES string of the molecule is Cc1csc(NC(=O)c2cc3cnn(C(C)C)c3nc2C)n1. The highest BCUT2D eigenvalue weighted by molar-refractivity contribution is 7.13. The fraction of sp³-hybridized carbons (Fsp3) is 0.333. The van der Waals surface area contributed by atoms with Crippen molar-refractivity contribution in [1.29, 1.82) is 0 Å². The number of fused-ring (bicyclic) bond motifs is 1. The molecular formula is C15H17N5OS. The summed E-state index contributed by atoms with van der Waals surface area (Å²) in [5.41, 5.74) is 2.92. The minimum Gasteiger partial charge on any atom is -0.298 e. The second kappa shape index (κ2) is 5.49. The molecule has 0 aliphatic carbocycles. The van der Waals surface area contributed by atoms with Crippen LogP contribution in [-0.2, 0) is 0 Å². The summed E-state index contributed by atoms with van der Waals surface area (Å²) in [6.07, 6.45) is 1.74. The molecule has 0 saturated heterocycles. The summed E-state index contributed by atoms with van der Waals surface area (Å²) in [6, 6.07) is 2.06. The lowest BCUT2D eigenvalue weighted by atomic mass is 10.1. The van der Waals surface area contributed by atoms with Crippen LogP contribution in [0.3, 0.4) is 0 Å². The molecule has 3 rings (SSSR count). The first-order valence-corrected chi connectivity index (χ1v) is 7.92. The predicted octanol–water partition coefficient (Wildman–Crippen LogP) is 3.34. The monoisotopic (exact) mass is 315 g/mol. The number of hydrogen-bond donors (Lipinski definition) is 1. The lowest BCUT2D eigenvalue weighted by molar-refractivity contribution is 0.102. The molecule has 0 aliphatic rings. The molecule has 3 heterocycles. The molecule has 0 aromatic carbocycles. The Kier molecular flexibility index (Phi) is 3.66. The van der Waals surface area contributed by atoms with Crippen LogP contribution in [0.4, 0.5) is 5.13 Å². The van der Waals surface area contributed by atoms with Gasteiger partial charge in [0, 0.05) is 16.8 Å². The van der Waals surface area contributed by atoms with Gasteiger partial charge in [-0.2, -0.15) is 5.10 Å². The van der Waals surface area contributed by atoms with E-state index in [0.29, 0.717) is 16.4 Å². The Hall–Kier alpha value is -2.28. The van der Waals surface area contributed by atoms with Crippen LogP contribution in [0.5, 0.6) is 0 Å². The molecular weight excluding hydrogens is 298 g/mol. The topological polar surface area (TPSA) is 72.7 Å². The van der Waals surface area contributed by atoms with Crippen molar-refractivity contribution in [1.82, 2.24) is 19.7 Å². The van der Waals surface area contributed by atoms with Crippen LogP contribution in [0.25, 0.3) is 11.0 Å². The molecule has 114 valence electrons. The molecule has 0 bridgehead atoms. The van der Waals surface area contributed by atoms with Gasteiger partial charge < -0.3 is 0 Å². The maximum absolute atomic E-state index is 12.4. The quantitative estimate of drug-likeness (QED) is 0.804. The molecule has 0 radical (unpaired) electrons. The van der Waals surface area contributed by atoms with Crippen molar-refractivity contribution in [3.63, 3.8) is 0 Å². The van der Waals surface area contributed by atoms with Gasteiger partial charge in [-0.1, -0.05) is 0 Å². The molecule has 1 N–H and O–H groups in total. The first kappa shape index (κ1) is 14.6. The van der Waals surface area contributed by atoms with E-state index in [2.05, 4.69) is 34.2 Å². The van der Waals surface area contributed by atoms with E-state index in [0.717, 1.165) is 16.7 Å². The van der Waals surface area contributed by atoms with E-state index in [-0.39, 0.29) is 11.9 Å². The van der Waals surface area contributed by atoms with Crippen molar-refractivity contribution < 1.29 is 4.79 Å². The zero-order valence-electron chi connectivity index (χ0n) is 12.9. The third-order valence-electron chi connectivity index (χ3n) is 3.33. The predicted molar refractivity (Wildman–Crippen MR) is 87.5 cm³/mol. The summed E-state index contributed by atoms with van der Waals surface area (Å²) in [6.45, 7) is 7.83. The van der Waals surface area contributed by atoms with Crippen LogP contribution in [0, 0.1) is 13.8 Å². The molecule has 0 aliphatic heterocycles. The van der Waals surface area contributed by atoms with Gasteiger partial charge in [-0.05, 0) is 33.8 Å². The number of anilines is 1. The van der Waals surface area contributed by atoms with Gasteiger partial charge in [0.25, 0.3) is 5.91 Å². The summed E-state index contributed by atoms with van der Waals surface area (Å²) in [5, 5.41) is 10.5. The summed E-state index contributed by atoms with van der Waals surface area (Å²) in [7, 11) is 0. The van der Waals surface area contributed by atoms with E-state index < -0.39 is 0 Å². The number of nitrogens with one attached hydrogen (secondary N) is 1. The smallest absolute Gasteiger partial charge is 0.259 e. The minimum absolute atomic E-state index is 0.196. The molecule has 3 aromatic heterocycles. The Morgan fingerprint density at radius 2 is 2.09 bits per heavy atom. The van der Waals surface area contributed by atoms with Crippen LogP contribution in [0.1, 0.15) is 41.6 Å². The Morgan fingerprint density at radius 1 is 1.32 bits per heavy atom. The van der Waals surface area contributed by atoms with E-state index in [9.17, 15) is 4.79 Å². The van der Waals surface area contributed by atoms with E-state index >= 15 is 0 Å². The third kappa shape index (κ3) is 2.59. The number of pyridine rings is 1. The van der Waals surface area contributed by atoms with Gasteiger partial charge in [0.1, 0.15) is 0 Å². The molecule has 0 saturated carbocycles. The van der Waals surface area contributed by atoms with Crippen molar-refractivity contribution in [3.8, 4) is 0 Å². The number of aryl methyl sites for hydroxylation is 2. The van der Waals surface area contributed by atoms with Crippen LogP contribution < -0.4 is 5.32 Å². The van der Waals surface area contributed by atoms with Gasteiger partial charge in [-0.15, -0.1) is 11.3 Å². The molecule has 0 atom stereocenters. The fourth-order valence-corrected chi connectivity index (χ4v) is 2.93. The largest absolute Gasteiger partial charge is 0.298 e. The average Bonchev–Trinajstić information content (AvgIpc) is 3.03. The standard InChI is InChI=1S/C15H17N5OS/c1-8(2)20-13-11(6-16-20)5-12(10(4)18-13)14(21)19-15-17-9(3)7-22-15/h5-8H,1-4H3,(H,17,19,21). The van der Waals surface area contributed by atoms with Gasteiger partial charge in [0.2, 0.25) is 0 Å². The maximum Gasteiger partial charge on any atom is 0.259 e. The summed E-state index contributed by atoms with van der Waals surface area (Å²) in [4.78, 5) is 21.2. The lowest BCUT2D eigenvalue weighted by Gasteiger charge is -2.09. The van der Waals surface area contributed by atoms with E-state index in [1.54, 1.807) is 6.20 Å². The Labute approximate surface area is 132 Å². The van der Waals surface area contributed by atoms with E-state index in [1.807, 2.05) is 30.0 Å². The highest BCUT2D eigenvalue weighted by Gasteiger charge is 2.16. The molecule has 6 nitrogen and oxygen atoms in total. The molecule has 0 spiro atoms. The van der Waals surface area contributed by atoms with Gasteiger partial charge in [0.15, 0.2) is 10.8 Å².